The zero-order valence-electron chi connectivity index (χ0n) is 20.6. The molecule has 0 unspecified atom stereocenters. The third kappa shape index (κ3) is 7.54. The van der Waals surface area contributed by atoms with Crippen LogP contribution in [0.1, 0.15) is 13.8 Å². The molecule has 2 rings (SSSR count). The molecule has 0 saturated carbocycles. The maximum Gasteiger partial charge on any atom is 0.341 e. The summed E-state index contributed by atoms with van der Waals surface area (Å²) in [6, 6.07) is 9.56. The molecule has 0 spiro atoms. The number of hydrogen-bond acceptors (Lipinski definition) is 8. The molecular formula is C28H28O8. The minimum atomic E-state index is -0.751. The van der Waals surface area contributed by atoms with Crippen molar-refractivity contribution in [3.63, 3.8) is 0 Å². The van der Waals surface area contributed by atoms with E-state index < -0.39 is 17.9 Å². The van der Waals surface area contributed by atoms with Gasteiger partial charge in [-0.25, -0.2) is 14.4 Å². The largest absolute Gasteiger partial charge is 0.486 e. The Morgan fingerprint density at radius 2 is 1.22 bits per heavy atom. The van der Waals surface area contributed by atoms with Crippen LogP contribution in [0.15, 0.2) is 85.5 Å². The molecule has 8 nitrogen and oxygen atoms in total. The van der Waals surface area contributed by atoms with Gasteiger partial charge in [0, 0.05) is 18.3 Å². The van der Waals surface area contributed by atoms with Crippen LogP contribution < -0.4 is 18.9 Å². The maximum absolute atomic E-state index is 12.5. The molecule has 8 heteroatoms. The molecule has 0 aromatic heterocycles. The molecule has 188 valence electrons. The van der Waals surface area contributed by atoms with Crippen molar-refractivity contribution in [3.8, 4) is 34.1 Å². The van der Waals surface area contributed by atoms with Crippen LogP contribution in [0, 0.1) is 0 Å². The van der Waals surface area contributed by atoms with E-state index in [1.807, 2.05) is 0 Å². The van der Waals surface area contributed by atoms with Crippen molar-refractivity contribution in [2.24, 2.45) is 0 Å². The molecule has 0 bridgehead atoms. The van der Waals surface area contributed by atoms with Crippen molar-refractivity contribution in [1.29, 1.82) is 0 Å². The van der Waals surface area contributed by atoms with E-state index in [0.29, 0.717) is 11.1 Å². The van der Waals surface area contributed by atoms with Crippen LogP contribution in [0.4, 0.5) is 0 Å². The van der Waals surface area contributed by atoms with E-state index in [4.69, 9.17) is 23.7 Å². The van der Waals surface area contributed by atoms with E-state index in [2.05, 4.69) is 26.3 Å². The minimum absolute atomic E-state index is 0.0143. The molecule has 0 amide bonds. The van der Waals surface area contributed by atoms with Gasteiger partial charge in [0.2, 0.25) is 0 Å². The Balaban J connectivity index is 2.51. The summed E-state index contributed by atoms with van der Waals surface area (Å²) in [5.41, 5.74) is 1.70. The number of carbonyl (C=O) groups is 3. The van der Waals surface area contributed by atoms with Gasteiger partial charge in [-0.3, -0.25) is 0 Å². The predicted molar refractivity (Wildman–Crippen MR) is 135 cm³/mol. The highest BCUT2D eigenvalue weighted by molar-refractivity contribution is 5.92. The van der Waals surface area contributed by atoms with Gasteiger partial charge in [0.1, 0.15) is 6.61 Å². The van der Waals surface area contributed by atoms with Gasteiger partial charge in [0.05, 0.1) is 12.2 Å². The highest BCUT2D eigenvalue weighted by atomic mass is 16.6. The third-order valence-corrected chi connectivity index (χ3v) is 4.49. The lowest BCUT2D eigenvalue weighted by atomic mass is 10.0. The van der Waals surface area contributed by atoms with Crippen LogP contribution in [0.25, 0.3) is 11.1 Å². The van der Waals surface area contributed by atoms with Gasteiger partial charge in [-0.2, -0.15) is 0 Å². The maximum atomic E-state index is 12.5. The van der Waals surface area contributed by atoms with Gasteiger partial charge < -0.3 is 23.7 Å². The zero-order chi connectivity index (χ0) is 26.8. The van der Waals surface area contributed by atoms with E-state index in [0.717, 1.165) is 0 Å². The van der Waals surface area contributed by atoms with Crippen molar-refractivity contribution >= 4 is 17.9 Å². The quantitative estimate of drug-likeness (QED) is 0.177. The monoisotopic (exact) mass is 492 g/mol. The Morgan fingerprint density at radius 1 is 0.750 bits per heavy atom. The van der Waals surface area contributed by atoms with Gasteiger partial charge >= 0.3 is 17.9 Å². The van der Waals surface area contributed by atoms with E-state index in [9.17, 15) is 14.4 Å². The number of methoxy groups -OCH3 is 1. The topological polar surface area (TPSA) is 97.4 Å². The van der Waals surface area contributed by atoms with Gasteiger partial charge in [-0.15, -0.1) is 0 Å². The third-order valence-electron chi connectivity index (χ3n) is 4.49. The van der Waals surface area contributed by atoms with Crippen molar-refractivity contribution < 1.29 is 38.1 Å². The number of benzene rings is 2. The Bertz CT molecular complexity index is 1220. The number of hydrogen-bond donors (Lipinski definition) is 0. The Hall–Kier alpha value is -4.43. The van der Waals surface area contributed by atoms with Crippen LogP contribution in [0.3, 0.4) is 0 Å². The number of rotatable bonds is 12. The first-order valence-corrected chi connectivity index (χ1v) is 10.7. The van der Waals surface area contributed by atoms with Crippen molar-refractivity contribution in [2.45, 2.75) is 13.8 Å². The van der Waals surface area contributed by atoms with Gasteiger partial charge in [-0.05, 0) is 49.2 Å². The van der Waals surface area contributed by atoms with Crippen LogP contribution >= 0.6 is 0 Å². The number of ether oxygens (including phenoxy) is 5. The van der Waals surface area contributed by atoms with E-state index in [1.54, 1.807) is 30.3 Å². The Kier molecular flexibility index (Phi) is 9.94. The van der Waals surface area contributed by atoms with Crippen molar-refractivity contribution in [1.82, 2.24) is 0 Å². The molecule has 2 aromatic carbocycles. The second-order valence-corrected chi connectivity index (χ2v) is 7.69. The molecule has 0 atom stereocenters. The molecule has 0 aliphatic rings. The zero-order valence-corrected chi connectivity index (χ0v) is 20.6. The summed E-state index contributed by atoms with van der Waals surface area (Å²) >= 11 is 0. The summed E-state index contributed by atoms with van der Waals surface area (Å²) in [5, 5.41) is 0. The molecule has 36 heavy (non-hydrogen) atoms. The summed E-state index contributed by atoms with van der Waals surface area (Å²) in [6.45, 7) is 17.6. The highest BCUT2D eigenvalue weighted by Crippen LogP contribution is 2.37. The minimum Gasteiger partial charge on any atom is -0.486 e. The fourth-order valence-electron chi connectivity index (χ4n) is 2.66. The van der Waals surface area contributed by atoms with Crippen LogP contribution in [0.2, 0.25) is 0 Å². The summed E-state index contributed by atoms with van der Waals surface area (Å²) in [4.78, 5) is 36.5. The second kappa shape index (κ2) is 12.9. The first kappa shape index (κ1) is 27.8. The Morgan fingerprint density at radius 3 is 1.69 bits per heavy atom. The number of esters is 3. The van der Waals surface area contributed by atoms with Gasteiger partial charge in [-0.1, -0.05) is 44.5 Å². The molecule has 0 heterocycles. The van der Waals surface area contributed by atoms with E-state index in [1.165, 1.54) is 33.1 Å². The van der Waals surface area contributed by atoms with Crippen molar-refractivity contribution in [2.75, 3.05) is 20.3 Å². The lowest BCUT2D eigenvalue weighted by Gasteiger charge is -2.15. The van der Waals surface area contributed by atoms with Crippen LogP contribution in [-0.2, 0) is 19.1 Å². The summed E-state index contributed by atoms with van der Waals surface area (Å²) < 4.78 is 26.7. The van der Waals surface area contributed by atoms with Crippen LogP contribution in [-0.4, -0.2) is 38.2 Å². The highest BCUT2D eigenvalue weighted by Gasteiger charge is 2.19. The fraction of sp³-hybridized carbons (Fsp3) is 0.179. The SMILES string of the molecule is C=CCOc1cc(-c2ccc(OC(=O)C(=C)C)c(OC(=O)C(=C)COC)c2)ccc1OC(=O)C(=C)C. The molecule has 0 radical (unpaired) electrons. The summed E-state index contributed by atoms with van der Waals surface area (Å²) in [5.74, 6) is -1.55. The molecule has 2 aromatic rings. The average Bonchev–Trinajstić information content (AvgIpc) is 2.84. The molecule has 0 saturated heterocycles. The van der Waals surface area contributed by atoms with E-state index >= 15 is 0 Å². The summed E-state index contributed by atoms with van der Waals surface area (Å²) in [7, 11) is 1.42. The first-order valence-electron chi connectivity index (χ1n) is 10.7. The average molecular weight is 493 g/mol. The van der Waals surface area contributed by atoms with Gasteiger partial charge in [0.25, 0.3) is 0 Å². The normalized spacial score (nSPS) is 10.1. The predicted octanol–water partition coefficient (Wildman–Crippen LogP) is 4.99. The lowest BCUT2D eigenvalue weighted by Crippen LogP contribution is -2.16. The second-order valence-electron chi connectivity index (χ2n) is 7.69. The molecule has 0 N–H and O–H groups in total. The van der Waals surface area contributed by atoms with Gasteiger partial charge in [0.15, 0.2) is 23.0 Å². The molecule has 0 aliphatic heterocycles. The number of carbonyl (C=O) groups excluding carboxylic acids is 3. The molecule has 0 fully saturated rings. The smallest absolute Gasteiger partial charge is 0.341 e. The summed E-state index contributed by atoms with van der Waals surface area (Å²) in [6.07, 6.45) is 1.55. The lowest BCUT2D eigenvalue weighted by molar-refractivity contribution is -0.133. The fourth-order valence-corrected chi connectivity index (χ4v) is 2.66. The van der Waals surface area contributed by atoms with E-state index in [-0.39, 0.29) is 52.9 Å². The van der Waals surface area contributed by atoms with Crippen LogP contribution in [0.5, 0.6) is 23.0 Å². The molecular weight excluding hydrogens is 464 g/mol. The standard InChI is InChI=1S/C28H28O8/c1-8-13-33-24-14-20(9-11-22(24)34-26(29)17(2)3)21-10-12-23(35-27(30)18(4)5)25(15-21)36-28(31)19(6)16-32-7/h8-12,14-15H,1-2,4,6,13,16H2,3,5,7H3. The van der Waals surface area contributed by atoms with Crippen molar-refractivity contribution in [3.05, 3.63) is 85.5 Å². The molecule has 0 aliphatic carbocycles. The Labute approximate surface area is 210 Å². The first-order chi connectivity index (χ1) is 17.1.